The Balaban J connectivity index is 2.04. The van der Waals surface area contributed by atoms with E-state index in [1.165, 1.54) is 17.4 Å². The molecule has 2 aromatic rings. The van der Waals surface area contributed by atoms with Crippen molar-refractivity contribution in [2.45, 2.75) is 13.5 Å². The molecule has 0 aliphatic carbocycles. The zero-order chi connectivity index (χ0) is 15.2. The monoisotopic (exact) mass is 301 g/mol. The van der Waals surface area contributed by atoms with Crippen LogP contribution in [0.3, 0.4) is 0 Å². The third-order valence-corrected chi connectivity index (χ3v) is 3.92. The van der Waals surface area contributed by atoms with Crippen LogP contribution in [0.25, 0.3) is 6.08 Å². The zero-order valence-corrected chi connectivity index (χ0v) is 12.3. The van der Waals surface area contributed by atoms with Crippen LogP contribution in [0.15, 0.2) is 41.8 Å². The van der Waals surface area contributed by atoms with E-state index in [0.29, 0.717) is 12.1 Å². The molecule has 5 heteroatoms. The summed E-state index contributed by atoms with van der Waals surface area (Å²) >= 11 is 1.48. The summed E-state index contributed by atoms with van der Waals surface area (Å²) in [7, 11) is 0. The van der Waals surface area contributed by atoms with Crippen molar-refractivity contribution < 1.29 is 14.7 Å². The predicted octanol–water partition coefficient (Wildman–Crippen LogP) is 3.08. The SMILES string of the molecule is Cc1ccccc1C(=O)NCc1sccc1/C=C/C(=O)O. The summed E-state index contributed by atoms with van der Waals surface area (Å²) in [6.45, 7) is 2.27. The summed E-state index contributed by atoms with van der Waals surface area (Å²) in [5.41, 5.74) is 2.39. The van der Waals surface area contributed by atoms with Crippen molar-refractivity contribution in [1.82, 2.24) is 5.32 Å². The molecule has 108 valence electrons. The Bertz CT molecular complexity index is 688. The van der Waals surface area contributed by atoms with Crippen LogP contribution in [0.1, 0.15) is 26.4 Å². The molecule has 0 saturated carbocycles. The lowest BCUT2D eigenvalue weighted by atomic mass is 10.1. The summed E-state index contributed by atoms with van der Waals surface area (Å²) in [6, 6.07) is 9.22. The largest absolute Gasteiger partial charge is 0.478 e. The molecule has 21 heavy (non-hydrogen) atoms. The number of benzene rings is 1. The minimum atomic E-state index is -0.990. The third kappa shape index (κ3) is 4.03. The van der Waals surface area contributed by atoms with Crippen molar-refractivity contribution in [3.05, 3.63) is 63.4 Å². The van der Waals surface area contributed by atoms with E-state index in [9.17, 15) is 9.59 Å². The number of hydrogen-bond acceptors (Lipinski definition) is 3. The normalized spacial score (nSPS) is 10.7. The first kappa shape index (κ1) is 15.0. The summed E-state index contributed by atoms with van der Waals surface area (Å²) in [5.74, 6) is -1.12. The van der Waals surface area contributed by atoms with Crippen LogP contribution >= 0.6 is 11.3 Å². The fraction of sp³-hybridized carbons (Fsp3) is 0.125. The Kier molecular flexibility index (Phi) is 4.90. The summed E-state index contributed by atoms with van der Waals surface area (Å²) in [6.07, 6.45) is 2.63. The number of thiophene rings is 1. The zero-order valence-electron chi connectivity index (χ0n) is 11.5. The van der Waals surface area contributed by atoms with Crippen LogP contribution in [-0.2, 0) is 11.3 Å². The molecule has 2 N–H and O–H groups in total. The molecular formula is C16H15NO3S. The average molecular weight is 301 g/mol. The molecule has 1 heterocycles. The molecule has 0 saturated heterocycles. The van der Waals surface area contributed by atoms with Gasteiger partial charge in [0, 0.05) is 16.5 Å². The molecule has 0 unspecified atom stereocenters. The second-order valence-electron chi connectivity index (χ2n) is 4.47. The molecule has 0 aliphatic rings. The van der Waals surface area contributed by atoms with Gasteiger partial charge in [-0.25, -0.2) is 4.79 Å². The number of rotatable bonds is 5. The van der Waals surface area contributed by atoms with Crippen molar-refractivity contribution in [2.75, 3.05) is 0 Å². The molecule has 0 spiro atoms. The Morgan fingerprint density at radius 1 is 1.29 bits per heavy atom. The second-order valence-corrected chi connectivity index (χ2v) is 5.47. The molecule has 0 aliphatic heterocycles. The number of carboxylic acids is 1. The van der Waals surface area contributed by atoms with Crippen molar-refractivity contribution >= 4 is 29.3 Å². The van der Waals surface area contributed by atoms with Crippen LogP contribution in [-0.4, -0.2) is 17.0 Å². The maximum Gasteiger partial charge on any atom is 0.328 e. The minimum absolute atomic E-state index is 0.130. The van der Waals surface area contributed by atoms with Gasteiger partial charge in [-0.15, -0.1) is 11.3 Å². The summed E-state index contributed by atoms with van der Waals surface area (Å²) in [4.78, 5) is 23.6. The first-order chi connectivity index (χ1) is 10.1. The van der Waals surface area contributed by atoms with E-state index < -0.39 is 5.97 Å². The fourth-order valence-electron chi connectivity index (χ4n) is 1.89. The van der Waals surface area contributed by atoms with Gasteiger partial charge in [-0.3, -0.25) is 4.79 Å². The van der Waals surface area contributed by atoms with E-state index in [4.69, 9.17) is 5.11 Å². The highest BCUT2D eigenvalue weighted by Crippen LogP contribution is 2.18. The molecule has 0 radical (unpaired) electrons. The van der Waals surface area contributed by atoms with Crippen LogP contribution in [0.4, 0.5) is 0 Å². The van der Waals surface area contributed by atoms with E-state index in [0.717, 1.165) is 22.1 Å². The van der Waals surface area contributed by atoms with Crippen molar-refractivity contribution in [3.8, 4) is 0 Å². The highest BCUT2D eigenvalue weighted by Gasteiger charge is 2.09. The lowest BCUT2D eigenvalue weighted by Crippen LogP contribution is -2.23. The van der Waals surface area contributed by atoms with Crippen LogP contribution in [0, 0.1) is 6.92 Å². The first-order valence-corrected chi connectivity index (χ1v) is 7.27. The number of carbonyl (C=O) groups excluding carboxylic acids is 1. The van der Waals surface area contributed by atoms with Crippen LogP contribution in [0.5, 0.6) is 0 Å². The van der Waals surface area contributed by atoms with Gasteiger partial charge in [0.25, 0.3) is 5.91 Å². The Labute approximate surface area is 126 Å². The molecule has 0 fully saturated rings. The fourth-order valence-corrected chi connectivity index (χ4v) is 2.69. The molecule has 0 bridgehead atoms. The average Bonchev–Trinajstić information content (AvgIpc) is 2.90. The molecular weight excluding hydrogens is 286 g/mol. The number of hydrogen-bond donors (Lipinski definition) is 2. The van der Waals surface area contributed by atoms with E-state index in [1.807, 2.05) is 36.6 Å². The number of aliphatic carboxylic acids is 1. The Morgan fingerprint density at radius 2 is 2.05 bits per heavy atom. The second kappa shape index (κ2) is 6.85. The van der Waals surface area contributed by atoms with Gasteiger partial charge < -0.3 is 10.4 Å². The first-order valence-electron chi connectivity index (χ1n) is 6.39. The number of nitrogens with one attached hydrogen (secondary N) is 1. The third-order valence-electron chi connectivity index (χ3n) is 2.98. The predicted molar refractivity (Wildman–Crippen MR) is 83.3 cm³/mol. The molecule has 1 amide bonds. The van der Waals surface area contributed by atoms with Gasteiger partial charge in [-0.05, 0) is 41.6 Å². The standard InChI is InChI=1S/C16H15NO3S/c1-11-4-2-3-5-13(11)16(20)17-10-14-12(8-9-21-14)6-7-15(18)19/h2-9H,10H2,1H3,(H,17,20)(H,18,19)/b7-6+. The quantitative estimate of drug-likeness (QED) is 0.834. The van der Waals surface area contributed by atoms with Gasteiger partial charge in [0.05, 0.1) is 6.54 Å². The number of carboxylic acid groups (broad SMARTS) is 1. The van der Waals surface area contributed by atoms with Gasteiger partial charge >= 0.3 is 5.97 Å². The molecule has 4 nitrogen and oxygen atoms in total. The molecule has 2 rings (SSSR count). The van der Waals surface area contributed by atoms with Gasteiger partial charge in [-0.1, -0.05) is 18.2 Å². The number of carbonyl (C=O) groups is 2. The van der Waals surface area contributed by atoms with Crippen LogP contribution < -0.4 is 5.32 Å². The minimum Gasteiger partial charge on any atom is -0.478 e. The van der Waals surface area contributed by atoms with E-state index in [-0.39, 0.29) is 5.91 Å². The Hall–Kier alpha value is -2.40. The van der Waals surface area contributed by atoms with Gasteiger partial charge in [0.15, 0.2) is 0 Å². The topological polar surface area (TPSA) is 66.4 Å². The number of amides is 1. The smallest absolute Gasteiger partial charge is 0.328 e. The van der Waals surface area contributed by atoms with E-state index in [1.54, 1.807) is 6.07 Å². The maximum absolute atomic E-state index is 12.1. The maximum atomic E-state index is 12.1. The van der Waals surface area contributed by atoms with Crippen molar-refractivity contribution in [2.24, 2.45) is 0 Å². The number of aryl methyl sites for hydroxylation is 1. The Morgan fingerprint density at radius 3 is 2.76 bits per heavy atom. The van der Waals surface area contributed by atoms with Gasteiger partial charge in [0.1, 0.15) is 0 Å². The molecule has 1 aromatic heterocycles. The van der Waals surface area contributed by atoms with E-state index in [2.05, 4.69) is 5.32 Å². The van der Waals surface area contributed by atoms with E-state index >= 15 is 0 Å². The van der Waals surface area contributed by atoms with Crippen molar-refractivity contribution in [3.63, 3.8) is 0 Å². The van der Waals surface area contributed by atoms with Crippen molar-refractivity contribution in [1.29, 1.82) is 0 Å². The lowest BCUT2D eigenvalue weighted by Gasteiger charge is -2.07. The van der Waals surface area contributed by atoms with Gasteiger partial charge in [-0.2, -0.15) is 0 Å². The highest BCUT2D eigenvalue weighted by atomic mass is 32.1. The summed E-state index contributed by atoms with van der Waals surface area (Å²) < 4.78 is 0. The summed E-state index contributed by atoms with van der Waals surface area (Å²) in [5, 5.41) is 13.4. The highest BCUT2D eigenvalue weighted by molar-refractivity contribution is 7.10. The molecule has 0 atom stereocenters. The molecule has 1 aromatic carbocycles. The lowest BCUT2D eigenvalue weighted by molar-refractivity contribution is -0.131. The van der Waals surface area contributed by atoms with Crippen LogP contribution in [0.2, 0.25) is 0 Å². The van der Waals surface area contributed by atoms with Gasteiger partial charge in [0.2, 0.25) is 0 Å².